The molecule has 1 heterocycles. The summed E-state index contributed by atoms with van der Waals surface area (Å²) in [6.45, 7) is 6.79. The van der Waals surface area contributed by atoms with Crippen LogP contribution in [0.25, 0.3) is 0 Å². The third-order valence-electron chi connectivity index (χ3n) is 1.55. The molecular formula is C9H17N3O2. The fraction of sp³-hybridized carbons (Fsp3) is 0.778. The van der Waals surface area contributed by atoms with E-state index in [-0.39, 0.29) is 5.54 Å². The van der Waals surface area contributed by atoms with E-state index in [0.717, 1.165) is 0 Å². The number of aromatic nitrogens is 2. The molecular weight excluding hydrogens is 182 g/mol. The largest absolute Gasteiger partial charge is 0.374 e. The van der Waals surface area contributed by atoms with Gasteiger partial charge in [0.05, 0.1) is 0 Å². The van der Waals surface area contributed by atoms with Gasteiger partial charge in [-0.1, -0.05) is 5.16 Å². The Kier molecular flexibility index (Phi) is 3.60. The Hall–Kier alpha value is -0.940. The van der Waals surface area contributed by atoms with Crippen molar-refractivity contribution < 1.29 is 9.26 Å². The number of hydrogen-bond donors (Lipinski definition) is 1. The molecule has 0 spiro atoms. The SMILES string of the molecule is CCOCc1noc(CC(C)(C)N)n1. The van der Waals surface area contributed by atoms with Gasteiger partial charge < -0.3 is 15.0 Å². The third-order valence-corrected chi connectivity index (χ3v) is 1.55. The molecule has 5 heteroatoms. The van der Waals surface area contributed by atoms with Crippen molar-refractivity contribution >= 4 is 0 Å². The first-order valence-corrected chi connectivity index (χ1v) is 4.69. The van der Waals surface area contributed by atoms with Crippen molar-refractivity contribution in [3.63, 3.8) is 0 Å². The molecule has 0 aliphatic rings. The van der Waals surface area contributed by atoms with Crippen molar-refractivity contribution in [1.29, 1.82) is 0 Å². The Morgan fingerprint density at radius 1 is 1.50 bits per heavy atom. The van der Waals surface area contributed by atoms with Crippen molar-refractivity contribution in [2.75, 3.05) is 6.61 Å². The van der Waals surface area contributed by atoms with Crippen molar-refractivity contribution in [3.8, 4) is 0 Å². The minimum atomic E-state index is -0.324. The molecule has 0 bridgehead atoms. The van der Waals surface area contributed by atoms with Crippen LogP contribution in [0.4, 0.5) is 0 Å². The van der Waals surface area contributed by atoms with E-state index in [1.807, 2.05) is 20.8 Å². The topological polar surface area (TPSA) is 74.2 Å². The summed E-state index contributed by atoms with van der Waals surface area (Å²) in [5.74, 6) is 1.14. The molecule has 80 valence electrons. The molecule has 0 saturated heterocycles. The molecule has 0 fully saturated rings. The summed E-state index contributed by atoms with van der Waals surface area (Å²) in [5.41, 5.74) is 5.49. The number of nitrogens with two attached hydrogens (primary N) is 1. The molecule has 0 saturated carbocycles. The summed E-state index contributed by atoms with van der Waals surface area (Å²) in [6, 6.07) is 0. The van der Waals surface area contributed by atoms with Gasteiger partial charge in [0.15, 0.2) is 5.82 Å². The summed E-state index contributed by atoms with van der Waals surface area (Å²) in [5, 5.41) is 3.77. The first-order valence-electron chi connectivity index (χ1n) is 4.69. The van der Waals surface area contributed by atoms with E-state index < -0.39 is 0 Å². The molecule has 0 unspecified atom stereocenters. The fourth-order valence-corrected chi connectivity index (χ4v) is 1.00. The lowest BCUT2D eigenvalue weighted by molar-refractivity contribution is 0.126. The van der Waals surface area contributed by atoms with Crippen LogP contribution in [0.3, 0.4) is 0 Å². The number of hydrogen-bond acceptors (Lipinski definition) is 5. The van der Waals surface area contributed by atoms with Gasteiger partial charge in [0, 0.05) is 18.6 Å². The highest BCUT2D eigenvalue weighted by atomic mass is 16.5. The summed E-state index contributed by atoms with van der Waals surface area (Å²) < 4.78 is 10.2. The van der Waals surface area contributed by atoms with Crippen molar-refractivity contribution in [2.45, 2.75) is 39.3 Å². The summed E-state index contributed by atoms with van der Waals surface area (Å²) in [4.78, 5) is 4.15. The van der Waals surface area contributed by atoms with Gasteiger partial charge in [-0.05, 0) is 20.8 Å². The lowest BCUT2D eigenvalue weighted by Crippen LogP contribution is -2.34. The van der Waals surface area contributed by atoms with Crippen molar-refractivity contribution in [1.82, 2.24) is 10.1 Å². The first kappa shape index (κ1) is 11.1. The summed E-state index contributed by atoms with van der Waals surface area (Å²) in [6.07, 6.45) is 0.576. The Morgan fingerprint density at radius 2 is 2.21 bits per heavy atom. The highest BCUT2D eigenvalue weighted by molar-refractivity contribution is 4.91. The van der Waals surface area contributed by atoms with Gasteiger partial charge in [0.1, 0.15) is 6.61 Å². The van der Waals surface area contributed by atoms with Gasteiger partial charge in [-0.25, -0.2) is 0 Å². The first-order chi connectivity index (χ1) is 6.51. The van der Waals surface area contributed by atoms with E-state index in [2.05, 4.69) is 10.1 Å². The lowest BCUT2D eigenvalue weighted by Gasteiger charge is -2.14. The number of rotatable bonds is 5. The average molecular weight is 199 g/mol. The molecule has 0 aliphatic carbocycles. The Morgan fingerprint density at radius 3 is 2.79 bits per heavy atom. The van der Waals surface area contributed by atoms with Gasteiger partial charge in [-0.15, -0.1) is 0 Å². The van der Waals surface area contributed by atoms with Gasteiger partial charge in [0.2, 0.25) is 5.89 Å². The average Bonchev–Trinajstić information content (AvgIpc) is 2.46. The van der Waals surface area contributed by atoms with Crippen LogP contribution in [0.15, 0.2) is 4.52 Å². The Balaban J connectivity index is 2.51. The zero-order chi connectivity index (χ0) is 10.6. The second-order valence-electron chi connectivity index (χ2n) is 3.91. The van der Waals surface area contributed by atoms with Crippen LogP contribution in [-0.2, 0) is 17.8 Å². The molecule has 1 rings (SSSR count). The zero-order valence-electron chi connectivity index (χ0n) is 8.91. The van der Waals surface area contributed by atoms with Crippen LogP contribution in [0.1, 0.15) is 32.5 Å². The van der Waals surface area contributed by atoms with Gasteiger partial charge >= 0.3 is 0 Å². The van der Waals surface area contributed by atoms with E-state index in [1.165, 1.54) is 0 Å². The molecule has 5 nitrogen and oxygen atoms in total. The van der Waals surface area contributed by atoms with E-state index in [0.29, 0.717) is 31.3 Å². The zero-order valence-corrected chi connectivity index (χ0v) is 8.91. The molecule has 1 aromatic rings. The second-order valence-corrected chi connectivity index (χ2v) is 3.91. The molecule has 2 N–H and O–H groups in total. The van der Waals surface area contributed by atoms with Crippen LogP contribution in [0.2, 0.25) is 0 Å². The Bertz CT molecular complexity index is 278. The highest BCUT2D eigenvalue weighted by Gasteiger charge is 2.16. The van der Waals surface area contributed by atoms with E-state index >= 15 is 0 Å². The quantitative estimate of drug-likeness (QED) is 0.762. The van der Waals surface area contributed by atoms with Crippen molar-refractivity contribution in [3.05, 3.63) is 11.7 Å². The van der Waals surface area contributed by atoms with Crippen molar-refractivity contribution in [2.24, 2.45) is 5.73 Å². The number of ether oxygens (including phenoxy) is 1. The molecule has 1 aromatic heterocycles. The highest BCUT2D eigenvalue weighted by Crippen LogP contribution is 2.08. The standard InChI is InChI=1S/C9H17N3O2/c1-4-13-6-7-11-8(14-12-7)5-9(2,3)10/h4-6,10H2,1-3H3. The maximum atomic E-state index is 5.82. The van der Waals surface area contributed by atoms with Crippen LogP contribution >= 0.6 is 0 Å². The maximum Gasteiger partial charge on any atom is 0.228 e. The maximum absolute atomic E-state index is 5.82. The minimum absolute atomic E-state index is 0.324. The van der Waals surface area contributed by atoms with E-state index in [4.69, 9.17) is 15.0 Å². The molecule has 0 amide bonds. The van der Waals surface area contributed by atoms with Gasteiger partial charge in [-0.2, -0.15) is 4.98 Å². The monoisotopic (exact) mass is 199 g/mol. The fourth-order valence-electron chi connectivity index (χ4n) is 1.00. The number of nitrogens with zero attached hydrogens (tertiary/aromatic N) is 2. The van der Waals surface area contributed by atoms with E-state index in [9.17, 15) is 0 Å². The third kappa shape index (κ3) is 3.85. The smallest absolute Gasteiger partial charge is 0.228 e. The second kappa shape index (κ2) is 4.52. The predicted molar refractivity (Wildman–Crippen MR) is 51.6 cm³/mol. The van der Waals surface area contributed by atoms with Gasteiger partial charge in [-0.3, -0.25) is 0 Å². The molecule has 0 radical (unpaired) electrons. The van der Waals surface area contributed by atoms with Gasteiger partial charge in [0.25, 0.3) is 0 Å². The summed E-state index contributed by atoms with van der Waals surface area (Å²) in [7, 11) is 0. The molecule has 0 atom stereocenters. The van der Waals surface area contributed by atoms with Crippen LogP contribution < -0.4 is 5.73 Å². The molecule has 0 aliphatic heterocycles. The van der Waals surface area contributed by atoms with Crippen LogP contribution in [-0.4, -0.2) is 22.3 Å². The summed E-state index contributed by atoms with van der Waals surface area (Å²) >= 11 is 0. The predicted octanol–water partition coefficient (Wildman–Crippen LogP) is 0.886. The van der Waals surface area contributed by atoms with Crippen LogP contribution in [0.5, 0.6) is 0 Å². The Labute approximate surface area is 83.6 Å². The molecule has 14 heavy (non-hydrogen) atoms. The normalized spacial score (nSPS) is 12.0. The van der Waals surface area contributed by atoms with Crippen LogP contribution in [0, 0.1) is 0 Å². The van der Waals surface area contributed by atoms with E-state index in [1.54, 1.807) is 0 Å². The minimum Gasteiger partial charge on any atom is -0.374 e. The lowest BCUT2D eigenvalue weighted by atomic mass is 10.0. The molecule has 0 aromatic carbocycles.